The number of hydrogen-bond acceptors (Lipinski definition) is 2. The number of nitrogen functional groups attached to an aromatic ring is 2. The van der Waals surface area contributed by atoms with Crippen molar-refractivity contribution in [2.24, 2.45) is 0 Å². The van der Waals surface area contributed by atoms with Gasteiger partial charge in [-0.15, -0.1) is 0 Å². The van der Waals surface area contributed by atoms with Gasteiger partial charge in [-0.05, 0) is 64.1 Å². The summed E-state index contributed by atoms with van der Waals surface area (Å²) in [6.07, 6.45) is 0.862. The first-order valence-corrected chi connectivity index (χ1v) is 9.08. The summed E-state index contributed by atoms with van der Waals surface area (Å²) in [5.74, 6) is 0. The molecule has 27 heavy (non-hydrogen) atoms. The van der Waals surface area contributed by atoms with Crippen LogP contribution < -0.4 is 11.5 Å². The molecule has 0 aliphatic heterocycles. The second-order valence-electron chi connectivity index (χ2n) is 6.74. The molecule has 4 aromatic rings. The molecule has 0 aromatic heterocycles. The van der Waals surface area contributed by atoms with Crippen LogP contribution in [0.3, 0.4) is 0 Å². The van der Waals surface area contributed by atoms with Crippen LogP contribution in [0.4, 0.5) is 11.4 Å². The standard InChI is InChI=1S/C25H22N2/c26-22-13-9-18(10-14-22)24-7-3-1-5-20(24)17-21-6-2-4-8-25(21)19-11-15-23(27)16-12-19/h1-16H,17,26-27H2. The van der Waals surface area contributed by atoms with E-state index in [2.05, 4.69) is 72.8 Å². The number of anilines is 2. The van der Waals surface area contributed by atoms with E-state index in [0.717, 1.165) is 17.8 Å². The fraction of sp³-hybridized carbons (Fsp3) is 0.0400. The molecule has 0 radical (unpaired) electrons. The van der Waals surface area contributed by atoms with E-state index in [1.807, 2.05) is 24.3 Å². The average Bonchev–Trinajstić information content (AvgIpc) is 2.70. The summed E-state index contributed by atoms with van der Waals surface area (Å²) in [5, 5.41) is 0. The van der Waals surface area contributed by atoms with Gasteiger partial charge in [0.1, 0.15) is 0 Å². The van der Waals surface area contributed by atoms with Crippen LogP contribution in [-0.2, 0) is 6.42 Å². The lowest BCUT2D eigenvalue weighted by atomic mass is 9.91. The van der Waals surface area contributed by atoms with Gasteiger partial charge in [0, 0.05) is 11.4 Å². The van der Waals surface area contributed by atoms with Crippen molar-refractivity contribution in [1.29, 1.82) is 0 Å². The van der Waals surface area contributed by atoms with Gasteiger partial charge in [-0.2, -0.15) is 0 Å². The Morgan fingerprint density at radius 1 is 0.444 bits per heavy atom. The first kappa shape index (κ1) is 16.9. The van der Waals surface area contributed by atoms with Crippen molar-refractivity contribution in [3.8, 4) is 22.3 Å². The van der Waals surface area contributed by atoms with Crippen molar-refractivity contribution in [3.63, 3.8) is 0 Å². The number of nitrogens with two attached hydrogens (primary N) is 2. The normalized spacial score (nSPS) is 10.7. The summed E-state index contributed by atoms with van der Waals surface area (Å²) in [4.78, 5) is 0. The SMILES string of the molecule is Nc1ccc(-c2ccccc2Cc2ccccc2-c2ccc(N)cc2)cc1. The lowest BCUT2D eigenvalue weighted by Gasteiger charge is -2.14. The minimum Gasteiger partial charge on any atom is -0.399 e. The van der Waals surface area contributed by atoms with E-state index in [9.17, 15) is 0 Å². The Morgan fingerprint density at radius 2 is 0.815 bits per heavy atom. The van der Waals surface area contributed by atoms with Crippen LogP contribution in [0.1, 0.15) is 11.1 Å². The van der Waals surface area contributed by atoms with E-state index in [-0.39, 0.29) is 0 Å². The monoisotopic (exact) mass is 350 g/mol. The second kappa shape index (κ2) is 7.38. The van der Waals surface area contributed by atoms with Gasteiger partial charge in [-0.1, -0.05) is 72.8 Å². The maximum Gasteiger partial charge on any atom is 0.0314 e. The van der Waals surface area contributed by atoms with E-state index in [4.69, 9.17) is 11.5 Å². The molecule has 2 heteroatoms. The minimum atomic E-state index is 0.782. The third kappa shape index (κ3) is 3.70. The Hall–Kier alpha value is -3.52. The van der Waals surface area contributed by atoms with Crippen molar-refractivity contribution < 1.29 is 0 Å². The van der Waals surface area contributed by atoms with Crippen molar-refractivity contribution in [2.45, 2.75) is 6.42 Å². The highest BCUT2D eigenvalue weighted by molar-refractivity contribution is 5.72. The zero-order valence-electron chi connectivity index (χ0n) is 15.1. The van der Waals surface area contributed by atoms with Crippen molar-refractivity contribution in [1.82, 2.24) is 0 Å². The third-order valence-electron chi connectivity index (χ3n) is 4.86. The van der Waals surface area contributed by atoms with Gasteiger partial charge in [-0.3, -0.25) is 0 Å². The molecule has 0 saturated carbocycles. The molecule has 132 valence electrons. The molecule has 0 fully saturated rings. The van der Waals surface area contributed by atoms with E-state index in [1.54, 1.807) is 0 Å². The summed E-state index contributed by atoms with van der Waals surface area (Å²) < 4.78 is 0. The van der Waals surface area contributed by atoms with Gasteiger partial charge < -0.3 is 11.5 Å². The van der Waals surface area contributed by atoms with Gasteiger partial charge in [0.15, 0.2) is 0 Å². The molecule has 0 aliphatic carbocycles. The molecule has 4 aromatic carbocycles. The first-order chi connectivity index (χ1) is 13.2. The van der Waals surface area contributed by atoms with Crippen molar-refractivity contribution >= 4 is 11.4 Å². The predicted octanol–water partition coefficient (Wildman–Crippen LogP) is 5.78. The van der Waals surface area contributed by atoms with Gasteiger partial charge in [0.2, 0.25) is 0 Å². The molecule has 0 spiro atoms. The van der Waals surface area contributed by atoms with Crippen molar-refractivity contribution in [3.05, 3.63) is 108 Å². The maximum atomic E-state index is 5.85. The van der Waals surface area contributed by atoms with E-state index in [1.165, 1.54) is 33.4 Å². The highest BCUT2D eigenvalue weighted by Crippen LogP contribution is 2.30. The zero-order valence-corrected chi connectivity index (χ0v) is 15.1. The molecule has 0 heterocycles. The van der Waals surface area contributed by atoms with E-state index < -0.39 is 0 Å². The van der Waals surface area contributed by atoms with Crippen molar-refractivity contribution in [2.75, 3.05) is 11.5 Å². The lowest BCUT2D eigenvalue weighted by Crippen LogP contribution is -1.95. The highest BCUT2D eigenvalue weighted by atomic mass is 14.5. The largest absolute Gasteiger partial charge is 0.399 e. The molecule has 0 amide bonds. The average molecular weight is 350 g/mol. The van der Waals surface area contributed by atoms with Crippen LogP contribution in [0, 0.1) is 0 Å². The third-order valence-corrected chi connectivity index (χ3v) is 4.86. The van der Waals surface area contributed by atoms with Gasteiger partial charge in [0.25, 0.3) is 0 Å². The quantitative estimate of drug-likeness (QED) is 0.459. The van der Waals surface area contributed by atoms with Crippen LogP contribution in [0.2, 0.25) is 0 Å². The molecular formula is C25H22N2. The summed E-state index contributed by atoms with van der Waals surface area (Å²) >= 11 is 0. The summed E-state index contributed by atoms with van der Waals surface area (Å²) in [6, 6.07) is 33.3. The first-order valence-electron chi connectivity index (χ1n) is 9.08. The summed E-state index contributed by atoms with van der Waals surface area (Å²) in [6.45, 7) is 0. The van der Waals surface area contributed by atoms with Crippen LogP contribution in [0.25, 0.3) is 22.3 Å². The molecule has 4 rings (SSSR count). The maximum absolute atomic E-state index is 5.85. The van der Waals surface area contributed by atoms with Crippen LogP contribution >= 0.6 is 0 Å². The molecule has 0 bridgehead atoms. The van der Waals surface area contributed by atoms with Gasteiger partial charge in [-0.25, -0.2) is 0 Å². The lowest BCUT2D eigenvalue weighted by molar-refractivity contribution is 1.20. The van der Waals surface area contributed by atoms with Crippen LogP contribution in [0.15, 0.2) is 97.1 Å². The van der Waals surface area contributed by atoms with Gasteiger partial charge >= 0.3 is 0 Å². The summed E-state index contributed by atoms with van der Waals surface area (Å²) in [5.41, 5.74) is 20.7. The Labute approximate surface area is 160 Å². The molecule has 0 aliphatic rings. The predicted molar refractivity (Wildman–Crippen MR) is 115 cm³/mol. The highest BCUT2D eigenvalue weighted by Gasteiger charge is 2.09. The minimum absolute atomic E-state index is 0.782. The van der Waals surface area contributed by atoms with E-state index >= 15 is 0 Å². The Kier molecular flexibility index (Phi) is 4.63. The smallest absolute Gasteiger partial charge is 0.0314 e. The fourth-order valence-corrected chi connectivity index (χ4v) is 3.44. The summed E-state index contributed by atoms with van der Waals surface area (Å²) in [7, 11) is 0. The zero-order chi connectivity index (χ0) is 18.6. The fourth-order valence-electron chi connectivity index (χ4n) is 3.44. The Bertz CT molecular complexity index is 961. The number of hydrogen-bond donors (Lipinski definition) is 2. The van der Waals surface area contributed by atoms with Crippen LogP contribution in [-0.4, -0.2) is 0 Å². The molecule has 4 N–H and O–H groups in total. The topological polar surface area (TPSA) is 52.0 Å². The molecule has 0 saturated heterocycles. The number of benzene rings is 4. The molecule has 2 nitrogen and oxygen atoms in total. The van der Waals surface area contributed by atoms with Crippen LogP contribution in [0.5, 0.6) is 0 Å². The Morgan fingerprint density at radius 3 is 1.22 bits per heavy atom. The second-order valence-corrected chi connectivity index (χ2v) is 6.74. The number of rotatable bonds is 4. The molecule has 0 unspecified atom stereocenters. The molecular weight excluding hydrogens is 328 g/mol. The van der Waals surface area contributed by atoms with Gasteiger partial charge in [0.05, 0.1) is 0 Å². The molecule has 0 atom stereocenters. The Balaban J connectivity index is 1.74. The van der Waals surface area contributed by atoms with E-state index in [0.29, 0.717) is 0 Å².